The Labute approximate surface area is 94.5 Å². The summed E-state index contributed by atoms with van der Waals surface area (Å²) >= 11 is 0. The van der Waals surface area contributed by atoms with Gasteiger partial charge in [0.15, 0.2) is 11.5 Å². The lowest BCUT2D eigenvalue weighted by Gasteiger charge is -2.23. The highest BCUT2D eigenvalue weighted by Gasteiger charge is 2.25. The number of ether oxygens (including phenoxy) is 1. The van der Waals surface area contributed by atoms with Gasteiger partial charge in [-0.2, -0.15) is 0 Å². The summed E-state index contributed by atoms with van der Waals surface area (Å²) < 4.78 is 4.99. The number of aromatic hydroxyl groups is 1. The number of aliphatic carboxylic acids is 1. The van der Waals surface area contributed by atoms with Crippen molar-refractivity contribution in [2.75, 3.05) is 7.11 Å². The van der Waals surface area contributed by atoms with E-state index in [-0.39, 0.29) is 12.2 Å². The third-order valence-electron chi connectivity index (χ3n) is 2.55. The molecule has 88 valence electrons. The quantitative estimate of drug-likeness (QED) is 0.822. The van der Waals surface area contributed by atoms with E-state index < -0.39 is 11.4 Å². The van der Waals surface area contributed by atoms with E-state index in [0.717, 1.165) is 5.56 Å². The Kier molecular flexibility index (Phi) is 3.42. The molecule has 0 atom stereocenters. The Morgan fingerprint density at radius 2 is 2.06 bits per heavy atom. The van der Waals surface area contributed by atoms with Crippen molar-refractivity contribution in [3.05, 3.63) is 23.8 Å². The van der Waals surface area contributed by atoms with Gasteiger partial charge in [-0.25, -0.2) is 0 Å². The average Bonchev–Trinajstić information content (AvgIpc) is 2.16. The summed E-state index contributed by atoms with van der Waals surface area (Å²) in [6.07, 6.45) is 0.0287. The number of benzene rings is 1. The van der Waals surface area contributed by atoms with Crippen LogP contribution in [-0.2, 0) is 10.2 Å². The Hall–Kier alpha value is -1.71. The highest BCUT2D eigenvalue weighted by atomic mass is 16.5. The first-order valence-corrected chi connectivity index (χ1v) is 4.96. The SMILES string of the molecule is COc1cc(C(C)(C)CC(=O)O)ccc1O. The monoisotopic (exact) mass is 224 g/mol. The minimum absolute atomic E-state index is 0.0287. The van der Waals surface area contributed by atoms with Crippen molar-refractivity contribution in [3.8, 4) is 11.5 Å². The van der Waals surface area contributed by atoms with Crippen molar-refractivity contribution in [2.45, 2.75) is 25.7 Å². The van der Waals surface area contributed by atoms with Gasteiger partial charge in [-0.15, -0.1) is 0 Å². The third-order valence-corrected chi connectivity index (χ3v) is 2.55. The molecule has 0 radical (unpaired) electrons. The maximum atomic E-state index is 10.7. The molecule has 0 aliphatic rings. The Morgan fingerprint density at radius 3 is 2.56 bits per heavy atom. The predicted molar refractivity (Wildman–Crippen MR) is 59.9 cm³/mol. The lowest BCUT2D eigenvalue weighted by Crippen LogP contribution is -2.21. The molecule has 0 unspecified atom stereocenters. The van der Waals surface area contributed by atoms with Crippen LogP contribution in [0.2, 0.25) is 0 Å². The molecule has 0 bridgehead atoms. The smallest absolute Gasteiger partial charge is 0.304 e. The van der Waals surface area contributed by atoms with Crippen LogP contribution in [0.5, 0.6) is 11.5 Å². The number of hydrogen-bond donors (Lipinski definition) is 2. The van der Waals surface area contributed by atoms with Crippen molar-refractivity contribution < 1.29 is 19.7 Å². The Morgan fingerprint density at radius 1 is 1.44 bits per heavy atom. The van der Waals surface area contributed by atoms with Crippen LogP contribution in [0.25, 0.3) is 0 Å². The average molecular weight is 224 g/mol. The zero-order valence-electron chi connectivity index (χ0n) is 9.65. The van der Waals surface area contributed by atoms with Gasteiger partial charge in [0.2, 0.25) is 0 Å². The van der Waals surface area contributed by atoms with E-state index >= 15 is 0 Å². The normalized spacial score (nSPS) is 11.2. The number of phenols is 1. The Balaban J connectivity index is 3.08. The van der Waals surface area contributed by atoms with E-state index in [1.807, 2.05) is 13.8 Å². The van der Waals surface area contributed by atoms with E-state index in [0.29, 0.717) is 5.75 Å². The van der Waals surface area contributed by atoms with Crippen molar-refractivity contribution in [1.29, 1.82) is 0 Å². The molecule has 4 nitrogen and oxygen atoms in total. The van der Waals surface area contributed by atoms with E-state index in [2.05, 4.69) is 0 Å². The fraction of sp³-hybridized carbons (Fsp3) is 0.417. The van der Waals surface area contributed by atoms with Crippen molar-refractivity contribution in [1.82, 2.24) is 0 Å². The first-order valence-electron chi connectivity index (χ1n) is 4.96. The minimum Gasteiger partial charge on any atom is -0.504 e. The van der Waals surface area contributed by atoms with Crippen LogP contribution in [0.1, 0.15) is 25.8 Å². The topological polar surface area (TPSA) is 66.8 Å². The maximum absolute atomic E-state index is 10.7. The van der Waals surface area contributed by atoms with E-state index in [1.54, 1.807) is 12.1 Å². The minimum atomic E-state index is -0.850. The van der Waals surface area contributed by atoms with Gasteiger partial charge in [-0.05, 0) is 17.7 Å². The molecule has 0 aliphatic heterocycles. The fourth-order valence-corrected chi connectivity index (χ4v) is 1.58. The zero-order chi connectivity index (χ0) is 12.3. The molecular weight excluding hydrogens is 208 g/mol. The summed E-state index contributed by atoms with van der Waals surface area (Å²) in [5.41, 5.74) is 0.330. The van der Waals surface area contributed by atoms with Gasteiger partial charge in [0.05, 0.1) is 13.5 Å². The van der Waals surface area contributed by atoms with Crippen LogP contribution in [-0.4, -0.2) is 23.3 Å². The number of phenolic OH excluding ortho intramolecular Hbond substituents is 1. The molecule has 0 heterocycles. The molecule has 2 N–H and O–H groups in total. The van der Waals surface area contributed by atoms with E-state index in [1.165, 1.54) is 13.2 Å². The second-order valence-corrected chi connectivity index (χ2v) is 4.34. The molecule has 0 amide bonds. The number of carboxylic acid groups (broad SMARTS) is 1. The molecule has 0 saturated heterocycles. The first-order chi connectivity index (χ1) is 7.36. The van der Waals surface area contributed by atoms with Crippen LogP contribution >= 0.6 is 0 Å². The lowest BCUT2D eigenvalue weighted by molar-refractivity contribution is -0.138. The number of rotatable bonds is 4. The summed E-state index contributed by atoms with van der Waals surface area (Å²) in [5.74, 6) is -0.439. The predicted octanol–water partition coefficient (Wildman–Crippen LogP) is 2.15. The third kappa shape index (κ3) is 2.66. The van der Waals surface area contributed by atoms with Crippen molar-refractivity contribution in [2.24, 2.45) is 0 Å². The van der Waals surface area contributed by atoms with Crippen molar-refractivity contribution >= 4 is 5.97 Å². The van der Waals surface area contributed by atoms with Crippen LogP contribution in [0.3, 0.4) is 0 Å². The van der Waals surface area contributed by atoms with Crippen molar-refractivity contribution in [3.63, 3.8) is 0 Å². The zero-order valence-corrected chi connectivity index (χ0v) is 9.65. The molecule has 1 aromatic rings. The van der Waals surface area contributed by atoms with Gasteiger partial charge in [0.1, 0.15) is 0 Å². The molecule has 1 rings (SSSR count). The highest BCUT2D eigenvalue weighted by molar-refractivity contribution is 5.69. The molecule has 16 heavy (non-hydrogen) atoms. The number of carbonyl (C=O) groups is 1. The van der Waals surface area contributed by atoms with Gasteiger partial charge in [-0.1, -0.05) is 19.9 Å². The molecule has 4 heteroatoms. The number of carboxylic acids is 1. The summed E-state index contributed by atoms with van der Waals surface area (Å²) in [5, 5.41) is 18.3. The summed E-state index contributed by atoms with van der Waals surface area (Å²) in [4.78, 5) is 10.7. The van der Waals surface area contributed by atoms with Gasteiger partial charge >= 0.3 is 5.97 Å². The fourth-order valence-electron chi connectivity index (χ4n) is 1.58. The molecule has 0 aromatic heterocycles. The van der Waals surface area contributed by atoms with Gasteiger partial charge in [0, 0.05) is 5.41 Å². The van der Waals surface area contributed by atoms with Crippen LogP contribution in [0, 0.1) is 0 Å². The van der Waals surface area contributed by atoms with Gasteiger partial charge < -0.3 is 14.9 Å². The second-order valence-electron chi connectivity index (χ2n) is 4.34. The van der Waals surface area contributed by atoms with E-state index in [4.69, 9.17) is 9.84 Å². The van der Waals surface area contributed by atoms with Gasteiger partial charge in [-0.3, -0.25) is 4.79 Å². The molecule has 1 aromatic carbocycles. The first kappa shape index (κ1) is 12.4. The number of hydrogen-bond acceptors (Lipinski definition) is 3. The highest BCUT2D eigenvalue weighted by Crippen LogP contribution is 2.34. The maximum Gasteiger partial charge on any atom is 0.304 e. The van der Waals surface area contributed by atoms with Crippen LogP contribution in [0.4, 0.5) is 0 Å². The molecule has 0 spiro atoms. The van der Waals surface area contributed by atoms with Crippen LogP contribution < -0.4 is 4.74 Å². The van der Waals surface area contributed by atoms with Gasteiger partial charge in [0.25, 0.3) is 0 Å². The summed E-state index contributed by atoms with van der Waals surface area (Å²) in [6.45, 7) is 3.68. The van der Waals surface area contributed by atoms with E-state index in [9.17, 15) is 9.90 Å². The molecular formula is C12H16O4. The molecule has 0 saturated carbocycles. The summed E-state index contributed by atoms with van der Waals surface area (Å²) in [7, 11) is 1.46. The summed E-state index contributed by atoms with van der Waals surface area (Å²) in [6, 6.07) is 4.89. The Bertz CT molecular complexity index is 396. The largest absolute Gasteiger partial charge is 0.504 e. The lowest BCUT2D eigenvalue weighted by atomic mass is 9.81. The molecule has 0 aliphatic carbocycles. The standard InChI is InChI=1S/C12H16O4/c1-12(2,7-11(14)15)8-4-5-9(13)10(6-8)16-3/h4-6,13H,7H2,1-3H3,(H,14,15). The number of methoxy groups -OCH3 is 1. The molecule has 0 fully saturated rings. The van der Waals surface area contributed by atoms with Crippen LogP contribution in [0.15, 0.2) is 18.2 Å². The second kappa shape index (κ2) is 4.43.